The zero-order valence-electron chi connectivity index (χ0n) is 18.1. The van der Waals surface area contributed by atoms with E-state index in [0.29, 0.717) is 12.0 Å². The third kappa shape index (κ3) is 3.71. The lowest BCUT2D eigenvalue weighted by molar-refractivity contribution is -0.116. The van der Waals surface area contributed by atoms with Gasteiger partial charge in [0.05, 0.1) is 11.4 Å². The highest BCUT2D eigenvalue weighted by molar-refractivity contribution is 7.10. The molecule has 1 aliphatic carbocycles. The molecule has 1 atom stereocenters. The summed E-state index contributed by atoms with van der Waals surface area (Å²) in [7, 11) is 0. The molecular weight excluding hydrogens is 418 g/mol. The summed E-state index contributed by atoms with van der Waals surface area (Å²) in [6, 6.07) is 17.0. The van der Waals surface area contributed by atoms with Crippen LogP contribution >= 0.6 is 11.3 Å². The van der Waals surface area contributed by atoms with Crippen molar-refractivity contribution in [3.05, 3.63) is 87.3 Å². The fraction of sp³-hybridized carbons (Fsp3) is 0.231. The Kier molecular flexibility index (Phi) is 5.31. The molecule has 2 amide bonds. The van der Waals surface area contributed by atoms with E-state index in [0.717, 1.165) is 51.6 Å². The molecule has 6 heteroatoms. The van der Waals surface area contributed by atoms with Crippen LogP contribution in [0.1, 0.15) is 41.3 Å². The number of ketones is 1. The summed E-state index contributed by atoms with van der Waals surface area (Å²) >= 11 is 1.57. The largest absolute Gasteiger partial charge is 0.357 e. The maximum Gasteiger partial charge on any atom is 0.327 e. The fourth-order valence-electron chi connectivity index (χ4n) is 4.70. The van der Waals surface area contributed by atoms with E-state index in [-0.39, 0.29) is 11.8 Å². The average molecular weight is 444 g/mol. The van der Waals surface area contributed by atoms with Crippen LogP contribution in [0.5, 0.6) is 0 Å². The maximum atomic E-state index is 13.9. The molecule has 1 aromatic heterocycles. The third-order valence-corrected chi connectivity index (χ3v) is 6.87. The highest BCUT2D eigenvalue weighted by Crippen LogP contribution is 2.45. The van der Waals surface area contributed by atoms with Gasteiger partial charge in [0.2, 0.25) is 0 Å². The second kappa shape index (κ2) is 8.28. The molecule has 162 valence electrons. The minimum atomic E-state index is -0.472. The lowest BCUT2D eigenvalue weighted by Crippen LogP contribution is -2.40. The summed E-state index contributed by atoms with van der Waals surface area (Å²) in [5.74, 6) is 0.106. The summed E-state index contributed by atoms with van der Waals surface area (Å²) in [5.41, 5.74) is 6.14. The maximum absolute atomic E-state index is 13.9. The number of aryl methyl sites for hydroxylation is 2. The van der Waals surface area contributed by atoms with Gasteiger partial charge in [0, 0.05) is 28.3 Å². The summed E-state index contributed by atoms with van der Waals surface area (Å²) in [6.45, 7) is 4.03. The van der Waals surface area contributed by atoms with Gasteiger partial charge in [-0.1, -0.05) is 24.3 Å². The van der Waals surface area contributed by atoms with Gasteiger partial charge in [0.25, 0.3) is 0 Å². The number of carbonyl (C=O) groups excluding carboxylic acids is 2. The molecule has 0 bridgehead atoms. The van der Waals surface area contributed by atoms with Crippen molar-refractivity contribution in [2.24, 2.45) is 0 Å². The highest BCUT2D eigenvalue weighted by Gasteiger charge is 2.40. The van der Waals surface area contributed by atoms with Gasteiger partial charge in [0.1, 0.15) is 6.04 Å². The van der Waals surface area contributed by atoms with E-state index in [1.165, 1.54) is 0 Å². The Morgan fingerprint density at radius 3 is 2.59 bits per heavy atom. The van der Waals surface area contributed by atoms with Gasteiger partial charge < -0.3 is 10.6 Å². The molecule has 5 nitrogen and oxygen atoms in total. The minimum Gasteiger partial charge on any atom is -0.357 e. The van der Waals surface area contributed by atoms with E-state index in [1.807, 2.05) is 67.8 Å². The van der Waals surface area contributed by atoms with Crippen LogP contribution in [0, 0.1) is 13.8 Å². The van der Waals surface area contributed by atoms with E-state index < -0.39 is 6.04 Å². The van der Waals surface area contributed by atoms with E-state index in [2.05, 4.69) is 16.7 Å². The van der Waals surface area contributed by atoms with Crippen LogP contribution in [0.4, 0.5) is 21.9 Å². The molecule has 3 aromatic rings. The van der Waals surface area contributed by atoms with Crippen molar-refractivity contribution in [2.75, 3.05) is 15.5 Å². The first-order valence-electron chi connectivity index (χ1n) is 10.9. The van der Waals surface area contributed by atoms with E-state index in [9.17, 15) is 9.59 Å². The third-order valence-electron chi connectivity index (χ3n) is 5.94. The SMILES string of the molecule is Cc1cc(C)cc(NC(=O)N2c3ccccc3NC3=C(C(=O)CCC3)C2c2cccs2)c1. The Morgan fingerprint density at radius 2 is 1.84 bits per heavy atom. The summed E-state index contributed by atoms with van der Waals surface area (Å²) < 4.78 is 0. The van der Waals surface area contributed by atoms with Crippen molar-refractivity contribution in [2.45, 2.75) is 39.2 Å². The number of carbonyl (C=O) groups is 2. The monoisotopic (exact) mass is 443 g/mol. The van der Waals surface area contributed by atoms with Gasteiger partial charge in [-0.25, -0.2) is 4.79 Å². The Bertz CT molecular complexity index is 1210. The van der Waals surface area contributed by atoms with Crippen molar-refractivity contribution >= 4 is 40.2 Å². The molecular formula is C26H25N3O2S. The standard InChI is InChI=1S/C26H25N3O2S/c1-16-13-17(2)15-18(14-16)27-26(31)29-21-9-4-3-7-19(21)28-20-8-5-10-22(30)24(20)25(29)23-11-6-12-32-23/h3-4,6-7,9,11-15,25,28H,5,8,10H2,1-2H3,(H,27,31). The highest BCUT2D eigenvalue weighted by atomic mass is 32.1. The Labute approximate surface area is 191 Å². The molecule has 0 spiro atoms. The van der Waals surface area contributed by atoms with Crippen LogP contribution in [0.25, 0.3) is 0 Å². The van der Waals surface area contributed by atoms with Crippen LogP contribution < -0.4 is 15.5 Å². The number of benzene rings is 2. The van der Waals surface area contributed by atoms with Gasteiger partial charge in [-0.05, 0) is 73.5 Å². The fourth-order valence-corrected chi connectivity index (χ4v) is 5.53. The molecule has 0 radical (unpaired) electrons. The normalized spacial score (nSPS) is 17.9. The smallest absolute Gasteiger partial charge is 0.327 e. The van der Waals surface area contributed by atoms with Crippen LogP contribution in [0.15, 0.2) is 71.2 Å². The summed E-state index contributed by atoms with van der Waals surface area (Å²) in [6.07, 6.45) is 2.12. The molecule has 0 saturated carbocycles. The van der Waals surface area contributed by atoms with Crippen LogP contribution in [0.2, 0.25) is 0 Å². The quantitative estimate of drug-likeness (QED) is 0.470. The number of allylic oxidation sites excluding steroid dienone is 1. The van der Waals surface area contributed by atoms with Gasteiger partial charge in [-0.3, -0.25) is 9.69 Å². The predicted octanol–water partition coefficient (Wildman–Crippen LogP) is 6.58. The Hall–Kier alpha value is -3.38. The summed E-state index contributed by atoms with van der Waals surface area (Å²) in [4.78, 5) is 29.8. The lowest BCUT2D eigenvalue weighted by atomic mass is 9.88. The van der Waals surface area contributed by atoms with E-state index in [4.69, 9.17) is 0 Å². The number of fused-ring (bicyclic) bond motifs is 1. The zero-order chi connectivity index (χ0) is 22.2. The number of para-hydroxylation sites is 2. The molecule has 2 aromatic carbocycles. The molecule has 32 heavy (non-hydrogen) atoms. The molecule has 2 N–H and O–H groups in total. The van der Waals surface area contributed by atoms with Crippen molar-refractivity contribution in [3.63, 3.8) is 0 Å². The number of amides is 2. The van der Waals surface area contributed by atoms with Crippen molar-refractivity contribution in [3.8, 4) is 0 Å². The topological polar surface area (TPSA) is 61.4 Å². The lowest BCUT2D eigenvalue weighted by Gasteiger charge is -2.33. The van der Waals surface area contributed by atoms with Crippen LogP contribution in [-0.2, 0) is 4.79 Å². The van der Waals surface area contributed by atoms with E-state index >= 15 is 0 Å². The first kappa shape index (κ1) is 20.5. The molecule has 5 rings (SSSR count). The number of Topliss-reactive ketones (excluding diaryl/α,β-unsaturated/α-hetero) is 1. The number of anilines is 3. The van der Waals surface area contributed by atoms with Crippen molar-refractivity contribution in [1.29, 1.82) is 0 Å². The molecule has 1 aliphatic heterocycles. The first-order chi connectivity index (χ1) is 15.5. The van der Waals surface area contributed by atoms with Crippen LogP contribution in [0.3, 0.4) is 0 Å². The summed E-state index contributed by atoms with van der Waals surface area (Å²) in [5, 5.41) is 8.58. The number of urea groups is 1. The molecule has 0 saturated heterocycles. The van der Waals surface area contributed by atoms with Gasteiger partial charge in [0.15, 0.2) is 5.78 Å². The number of nitrogens with one attached hydrogen (secondary N) is 2. The van der Waals surface area contributed by atoms with Gasteiger partial charge in [-0.15, -0.1) is 11.3 Å². The first-order valence-corrected chi connectivity index (χ1v) is 11.7. The van der Waals surface area contributed by atoms with Crippen LogP contribution in [-0.4, -0.2) is 11.8 Å². The molecule has 0 fully saturated rings. The number of hydrogen-bond acceptors (Lipinski definition) is 4. The van der Waals surface area contributed by atoms with Crippen molar-refractivity contribution in [1.82, 2.24) is 0 Å². The molecule has 2 heterocycles. The van der Waals surface area contributed by atoms with Crippen molar-refractivity contribution < 1.29 is 9.59 Å². The second-order valence-electron chi connectivity index (χ2n) is 8.41. The Morgan fingerprint density at radius 1 is 1.06 bits per heavy atom. The van der Waals surface area contributed by atoms with E-state index in [1.54, 1.807) is 16.2 Å². The minimum absolute atomic E-state index is 0.106. The number of rotatable bonds is 2. The second-order valence-corrected chi connectivity index (χ2v) is 9.38. The molecule has 1 unspecified atom stereocenters. The van der Waals surface area contributed by atoms with Gasteiger partial charge >= 0.3 is 6.03 Å². The number of thiophene rings is 1. The number of nitrogens with zero attached hydrogens (tertiary/aromatic N) is 1. The number of hydrogen-bond donors (Lipinski definition) is 2. The Balaban J connectivity index is 1.67. The molecule has 2 aliphatic rings. The average Bonchev–Trinajstić information content (AvgIpc) is 3.22. The predicted molar refractivity (Wildman–Crippen MR) is 130 cm³/mol. The zero-order valence-corrected chi connectivity index (χ0v) is 19.0. The van der Waals surface area contributed by atoms with Gasteiger partial charge in [-0.2, -0.15) is 0 Å².